The van der Waals surface area contributed by atoms with Crippen LogP contribution in [0.4, 0.5) is 0 Å². The highest BCUT2D eigenvalue weighted by molar-refractivity contribution is 4.92. The second-order valence-corrected chi connectivity index (χ2v) is 5.43. The van der Waals surface area contributed by atoms with Crippen molar-refractivity contribution in [2.75, 3.05) is 39.9 Å². The van der Waals surface area contributed by atoms with E-state index in [0.29, 0.717) is 6.04 Å². The van der Waals surface area contributed by atoms with Crippen LogP contribution in [-0.4, -0.2) is 56.4 Å². The van der Waals surface area contributed by atoms with Gasteiger partial charge in [-0.1, -0.05) is 0 Å². The lowest BCUT2D eigenvalue weighted by molar-refractivity contribution is 0.0743. The predicted molar refractivity (Wildman–Crippen MR) is 65.5 cm³/mol. The molecule has 16 heavy (non-hydrogen) atoms. The van der Waals surface area contributed by atoms with Gasteiger partial charge in [-0.2, -0.15) is 0 Å². The van der Waals surface area contributed by atoms with E-state index in [0.717, 1.165) is 58.5 Å². The van der Waals surface area contributed by atoms with Gasteiger partial charge in [0.05, 0.1) is 0 Å². The fraction of sp³-hybridized carbons (Fsp3) is 1.00. The summed E-state index contributed by atoms with van der Waals surface area (Å²) in [6.07, 6.45) is 4.49. The highest BCUT2D eigenvalue weighted by atomic mass is 16.5. The van der Waals surface area contributed by atoms with Gasteiger partial charge in [0, 0.05) is 31.3 Å². The van der Waals surface area contributed by atoms with Crippen LogP contribution in [-0.2, 0) is 4.74 Å². The number of ether oxygens (including phenoxy) is 1. The van der Waals surface area contributed by atoms with Gasteiger partial charge >= 0.3 is 0 Å². The van der Waals surface area contributed by atoms with Crippen LogP contribution in [0.15, 0.2) is 0 Å². The number of nitrogens with zero attached hydrogens (tertiary/aromatic N) is 1. The van der Waals surface area contributed by atoms with Gasteiger partial charge < -0.3 is 20.7 Å². The zero-order chi connectivity index (χ0) is 11.4. The van der Waals surface area contributed by atoms with Crippen molar-refractivity contribution in [3.63, 3.8) is 0 Å². The van der Waals surface area contributed by atoms with Gasteiger partial charge in [0.1, 0.15) is 0 Å². The van der Waals surface area contributed by atoms with Crippen LogP contribution in [0.1, 0.15) is 25.7 Å². The Bertz CT molecular complexity index is 208. The SMILES string of the molecule is CN1CCC(N)(CNC2CCOCC2)CC1. The summed E-state index contributed by atoms with van der Waals surface area (Å²) in [7, 11) is 2.17. The molecular weight excluding hydrogens is 202 g/mol. The van der Waals surface area contributed by atoms with Crippen LogP contribution in [0.25, 0.3) is 0 Å². The first-order valence-corrected chi connectivity index (χ1v) is 6.47. The smallest absolute Gasteiger partial charge is 0.0480 e. The highest BCUT2D eigenvalue weighted by Gasteiger charge is 2.30. The molecule has 0 amide bonds. The number of nitrogens with one attached hydrogen (secondary N) is 1. The Morgan fingerprint density at radius 2 is 1.94 bits per heavy atom. The number of hydrogen-bond donors (Lipinski definition) is 2. The Hall–Kier alpha value is -0.160. The number of piperidine rings is 1. The van der Waals surface area contributed by atoms with Crippen LogP contribution in [0.3, 0.4) is 0 Å². The Kier molecular flexibility index (Phi) is 4.19. The monoisotopic (exact) mass is 227 g/mol. The standard InChI is InChI=1S/C12H25N3O/c1-15-6-4-12(13,5-7-15)10-14-11-2-8-16-9-3-11/h11,14H,2-10,13H2,1H3. The molecule has 0 aliphatic carbocycles. The lowest BCUT2D eigenvalue weighted by atomic mass is 9.88. The van der Waals surface area contributed by atoms with Crippen molar-refractivity contribution in [1.29, 1.82) is 0 Å². The number of rotatable bonds is 3. The molecule has 0 saturated carbocycles. The minimum atomic E-state index is 0.0187. The molecule has 94 valence electrons. The maximum atomic E-state index is 6.42. The molecule has 2 rings (SSSR count). The maximum Gasteiger partial charge on any atom is 0.0480 e. The zero-order valence-electron chi connectivity index (χ0n) is 10.4. The predicted octanol–water partition coefficient (Wildman–Crippen LogP) is 0.178. The fourth-order valence-electron chi connectivity index (χ4n) is 2.49. The van der Waals surface area contributed by atoms with Gasteiger partial charge in [-0.3, -0.25) is 0 Å². The molecule has 0 radical (unpaired) electrons. The van der Waals surface area contributed by atoms with E-state index in [9.17, 15) is 0 Å². The van der Waals surface area contributed by atoms with Crippen molar-refractivity contribution < 1.29 is 4.74 Å². The number of hydrogen-bond acceptors (Lipinski definition) is 4. The summed E-state index contributed by atoms with van der Waals surface area (Å²) in [6.45, 7) is 5.03. The van der Waals surface area contributed by atoms with E-state index in [1.807, 2.05) is 0 Å². The Labute approximate surface area is 98.5 Å². The average Bonchev–Trinajstić information content (AvgIpc) is 2.33. The van der Waals surface area contributed by atoms with Crippen LogP contribution in [0.2, 0.25) is 0 Å². The number of nitrogens with two attached hydrogens (primary N) is 1. The molecule has 3 N–H and O–H groups in total. The van der Waals surface area contributed by atoms with E-state index >= 15 is 0 Å². The van der Waals surface area contributed by atoms with Gasteiger partial charge in [0.15, 0.2) is 0 Å². The van der Waals surface area contributed by atoms with Gasteiger partial charge in [0.25, 0.3) is 0 Å². The summed E-state index contributed by atoms with van der Waals surface area (Å²) in [5.41, 5.74) is 6.44. The second kappa shape index (κ2) is 5.45. The van der Waals surface area contributed by atoms with Crippen molar-refractivity contribution in [1.82, 2.24) is 10.2 Å². The third-order valence-corrected chi connectivity index (χ3v) is 3.95. The third kappa shape index (κ3) is 3.42. The summed E-state index contributed by atoms with van der Waals surface area (Å²) in [4.78, 5) is 2.36. The molecule has 0 aromatic rings. The van der Waals surface area contributed by atoms with E-state index in [1.165, 1.54) is 0 Å². The third-order valence-electron chi connectivity index (χ3n) is 3.95. The van der Waals surface area contributed by atoms with E-state index < -0.39 is 0 Å². The first-order valence-electron chi connectivity index (χ1n) is 6.47. The maximum absolute atomic E-state index is 6.42. The fourth-order valence-corrected chi connectivity index (χ4v) is 2.49. The molecule has 0 spiro atoms. The molecule has 0 aromatic heterocycles. The van der Waals surface area contributed by atoms with Gasteiger partial charge in [-0.25, -0.2) is 0 Å². The quantitative estimate of drug-likeness (QED) is 0.722. The van der Waals surface area contributed by atoms with Crippen LogP contribution < -0.4 is 11.1 Å². The van der Waals surface area contributed by atoms with Crippen molar-refractivity contribution in [3.05, 3.63) is 0 Å². The van der Waals surface area contributed by atoms with Crippen LogP contribution >= 0.6 is 0 Å². The lowest BCUT2D eigenvalue weighted by Crippen LogP contribution is -2.56. The van der Waals surface area contributed by atoms with E-state index in [1.54, 1.807) is 0 Å². The highest BCUT2D eigenvalue weighted by Crippen LogP contribution is 2.18. The molecular formula is C12H25N3O. The number of likely N-dealkylation sites (tertiary alicyclic amines) is 1. The van der Waals surface area contributed by atoms with Crippen molar-refractivity contribution in [2.45, 2.75) is 37.3 Å². The topological polar surface area (TPSA) is 50.5 Å². The first kappa shape index (κ1) is 12.3. The Morgan fingerprint density at radius 1 is 1.31 bits per heavy atom. The lowest BCUT2D eigenvalue weighted by Gasteiger charge is -2.39. The molecule has 2 saturated heterocycles. The molecule has 2 heterocycles. The molecule has 2 aliphatic heterocycles. The molecule has 4 heteroatoms. The summed E-state index contributed by atoms with van der Waals surface area (Å²) in [5.74, 6) is 0. The molecule has 2 fully saturated rings. The molecule has 0 atom stereocenters. The minimum absolute atomic E-state index is 0.0187. The molecule has 4 nitrogen and oxygen atoms in total. The largest absolute Gasteiger partial charge is 0.381 e. The second-order valence-electron chi connectivity index (χ2n) is 5.43. The summed E-state index contributed by atoms with van der Waals surface area (Å²) in [5, 5.41) is 3.62. The van der Waals surface area contributed by atoms with Crippen molar-refractivity contribution in [3.8, 4) is 0 Å². The van der Waals surface area contributed by atoms with Gasteiger partial charge in [-0.05, 0) is 45.8 Å². The molecule has 0 aromatic carbocycles. The van der Waals surface area contributed by atoms with Crippen LogP contribution in [0, 0.1) is 0 Å². The Morgan fingerprint density at radius 3 is 2.56 bits per heavy atom. The normalized spacial score (nSPS) is 28.1. The molecule has 2 aliphatic rings. The van der Waals surface area contributed by atoms with Crippen LogP contribution in [0.5, 0.6) is 0 Å². The van der Waals surface area contributed by atoms with Crippen molar-refractivity contribution >= 4 is 0 Å². The zero-order valence-corrected chi connectivity index (χ0v) is 10.4. The Balaban J connectivity index is 1.71. The van der Waals surface area contributed by atoms with E-state index in [-0.39, 0.29) is 5.54 Å². The molecule has 0 unspecified atom stereocenters. The minimum Gasteiger partial charge on any atom is -0.381 e. The first-order chi connectivity index (χ1) is 7.68. The van der Waals surface area contributed by atoms with E-state index in [2.05, 4.69) is 17.3 Å². The van der Waals surface area contributed by atoms with Crippen molar-refractivity contribution in [2.24, 2.45) is 5.73 Å². The average molecular weight is 227 g/mol. The summed E-state index contributed by atoms with van der Waals surface area (Å²) in [6, 6.07) is 0.619. The van der Waals surface area contributed by atoms with Gasteiger partial charge in [0.2, 0.25) is 0 Å². The van der Waals surface area contributed by atoms with Gasteiger partial charge in [-0.15, -0.1) is 0 Å². The molecule has 0 bridgehead atoms. The summed E-state index contributed by atoms with van der Waals surface area (Å²) >= 11 is 0. The summed E-state index contributed by atoms with van der Waals surface area (Å²) < 4.78 is 5.35. The van der Waals surface area contributed by atoms with E-state index in [4.69, 9.17) is 10.5 Å².